The summed E-state index contributed by atoms with van der Waals surface area (Å²) in [5.74, 6) is 8.28. The number of hydrogen-bond acceptors (Lipinski definition) is 7. The average molecular weight is 414 g/mol. The molecule has 0 saturated heterocycles. The molecule has 0 aliphatic heterocycles. The Hall–Kier alpha value is -3.20. The second-order valence-corrected chi connectivity index (χ2v) is 7.05. The Balaban J connectivity index is 1.50. The van der Waals surface area contributed by atoms with Crippen LogP contribution in [0.4, 0.5) is 0 Å². The van der Waals surface area contributed by atoms with Crippen LogP contribution in [0.25, 0.3) is 11.4 Å². The van der Waals surface area contributed by atoms with Gasteiger partial charge in [-0.2, -0.15) is 0 Å². The third kappa shape index (κ3) is 5.20. The smallest absolute Gasteiger partial charge is 0.230 e. The quantitative estimate of drug-likeness (QED) is 0.409. The van der Waals surface area contributed by atoms with E-state index in [2.05, 4.69) is 15.5 Å². The molecule has 0 aliphatic rings. The molecular weight excluding hydrogens is 390 g/mol. The summed E-state index contributed by atoms with van der Waals surface area (Å²) in [5.41, 5.74) is 1.86. The van der Waals surface area contributed by atoms with Gasteiger partial charge in [0.15, 0.2) is 5.82 Å². The van der Waals surface area contributed by atoms with Crippen LogP contribution in [0.15, 0.2) is 53.7 Å². The zero-order valence-electron chi connectivity index (χ0n) is 16.3. The van der Waals surface area contributed by atoms with Crippen molar-refractivity contribution in [3.8, 4) is 22.9 Å². The number of amides is 1. The summed E-state index contributed by atoms with van der Waals surface area (Å²) in [5, 5.41) is 11.6. The van der Waals surface area contributed by atoms with E-state index in [1.165, 1.54) is 16.4 Å². The summed E-state index contributed by atoms with van der Waals surface area (Å²) in [7, 11) is 3.24. The van der Waals surface area contributed by atoms with Crippen molar-refractivity contribution >= 4 is 17.7 Å². The van der Waals surface area contributed by atoms with Crippen molar-refractivity contribution in [3.63, 3.8) is 0 Å². The van der Waals surface area contributed by atoms with Crippen LogP contribution in [0.2, 0.25) is 0 Å². The van der Waals surface area contributed by atoms with Crippen molar-refractivity contribution in [2.75, 3.05) is 32.4 Å². The molecule has 0 atom stereocenters. The van der Waals surface area contributed by atoms with Crippen molar-refractivity contribution < 1.29 is 14.3 Å². The summed E-state index contributed by atoms with van der Waals surface area (Å²) in [6.07, 6.45) is 0.690. The standard InChI is InChI=1S/C20H23N5O3S/c1-27-16-9-7-15(8-10-16)19-23-24-20(25(19)21)29-13-18(26)22-12-11-14-5-3-4-6-17(14)28-2/h3-10H,11-13,21H2,1-2H3,(H,22,26). The van der Waals surface area contributed by atoms with Gasteiger partial charge in [-0.3, -0.25) is 4.79 Å². The summed E-state index contributed by atoms with van der Waals surface area (Å²) >= 11 is 1.24. The van der Waals surface area contributed by atoms with E-state index in [0.717, 1.165) is 22.6 Å². The average Bonchev–Trinajstić information content (AvgIpc) is 3.13. The van der Waals surface area contributed by atoms with Crippen molar-refractivity contribution in [1.82, 2.24) is 20.2 Å². The Kier molecular flexibility index (Phi) is 6.96. The lowest BCUT2D eigenvalue weighted by atomic mass is 10.1. The molecule has 0 radical (unpaired) electrons. The van der Waals surface area contributed by atoms with Crippen LogP contribution in [0.5, 0.6) is 11.5 Å². The van der Waals surface area contributed by atoms with Crippen LogP contribution >= 0.6 is 11.8 Å². The monoisotopic (exact) mass is 413 g/mol. The molecule has 3 N–H and O–H groups in total. The molecule has 3 aromatic rings. The predicted molar refractivity (Wildman–Crippen MR) is 113 cm³/mol. The van der Waals surface area contributed by atoms with Crippen molar-refractivity contribution in [1.29, 1.82) is 0 Å². The Labute approximate surface area is 173 Å². The summed E-state index contributed by atoms with van der Waals surface area (Å²) < 4.78 is 11.9. The molecule has 0 spiro atoms. The Bertz CT molecular complexity index is 959. The second kappa shape index (κ2) is 9.83. The van der Waals surface area contributed by atoms with Crippen LogP contribution in [-0.2, 0) is 11.2 Å². The highest BCUT2D eigenvalue weighted by Gasteiger charge is 2.14. The van der Waals surface area contributed by atoms with Gasteiger partial charge in [0.05, 0.1) is 20.0 Å². The molecule has 0 bridgehead atoms. The van der Waals surface area contributed by atoms with Crippen molar-refractivity contribution in [3.05, 3.63) is 54.1 Å². The first-order valence-electron chi connectivity index (χ1n) is 8.98. The fourth-order valence-electron chi connectivity index (χ4n) is 2.74. The molecule has 1 amide bonds. The molecular formula is C20H23N5O3S. The van der Waals surface area contributed by atoms with Gasteiger partial charge in [0, 0.05) is 12.1 Å². The van der Waals surface area contributed by atoms with Crippen LogP contribution in [0, 0.1) is 0 Å². The summed E-state index contributed by atoms with van der Waals surface area (Å²) in [4.78, 5) is 12.1. The van der Waals surface area contributed by atoms with Crippen molar-refractivity contribution in [2.45, 2.75) is 11.6 Å². The number of thioether (sulfide) groups is 1. The van der Waals surface area contributed by atoms with Gasteiger partial charge in [-0.1, -0.05) is 30.0 Å². The predicted octanol–water partition coefficient (Wildman–Crippen LogP) is 2.13. The molecule has 0 fully saturated rings. The first kappa shape index (κ1) is 20.5. The third-order valence-corrected chi connectivity index (χ3v) is 5.20. The van der Waals surface area contributed by atoms with E-state index < -0.39 is 0 Å². The number of carbonyl (C=O) groups excluding carboxylic acids is 1. The molecule has 1 aromatic heterocycles. The lowest BCUT2D eigenvalue weighted by Gasteiger charge is -2.09. The van der Waals surface area contributed by atoms with E-state index in [1.54, 1.807) is 14.2 Å². The normalized spacial score (nSPS) is 10.6. The molecule has 152 valence electrons. The minimum atomic E-state index is -0.0982. The van der Waals surface area contributed by atoms with E-state index in [1.807, 2.05) is 48.5 Å². The lowest BCUT2D eigenvalue weighted by molar-refractivity contribution is -0.118. The minimum Gasteiger partial charge on any atom is -0.497 e. The Morgan fingerprint density at radius 2 is 1.86 bits per heavy atom. The largest absolute Gasteiger partial charge is 0.497 e. The SMILES string of the molecule is COc1ccc(-c2nnc(SCC(=O)NCCc3ccccc3OC)n2N)cc1. The molecule has 0 aliphatic carbocycles. The van der Waals surface area contributed by atoms with Crippen LogP contribution in [-0.4, -0.2) is 47.3 Å². The number of carbonyl (C=O) groups is 1. The molecule has 8 nitrogen and oxygen atoms in total. The van der Waals surface area contributed by atoms with E-state index in [0.29, 0.717) is 23.9 Å². The number of nitrogens with two attached hydrogens (primary N) is 1. The van der Waals surface area contributed by atoms with Crippen LogP contribution < -0.4 is 20.6 Å². The first-order chi connectivity index (χ1) is 14.1. The molecule has 2 aromatic carbocycles. The zero-order valence-corrected chi connectivity index (χ0v) is 17.1. The van der Waals surface area contributed by atoms with Crippen molar-refractivity contribution in [2.24, 2.45) is 0 Å². The number of nitrogens with zero attached hydrogens (tertiary/aromatic N) is 3. The summed E-state index contributed by atoms with van der Waals surface area (Å²) in [6, 6.07) is 15.1. The van der Waals surface area contributed by atoms with Gasteiger partial charge in [0.25, 0.3) is 0 Å². The minimum absolute atomic E-state index is 0.0982. The fraction of sp³-hybridized carbons (Fsp3) is 0.250. The number of hydrogen-bond donors (Lipinski definition) is 2. The van der Waals surface area contributed by atoms with Gasteiger partial charge in [0.2, 0.25) is 11.1 Å². The molecule has 9 heteroatoms. The molecule has 1 heterocycles. The van der Waals surface area contributed by atoms with E-state index in [9.17, 15) is 4.79 Å². The maximum Gasteiger partial charge on any atom is 0.230 e. The number of nitrogen functional groups attached to an aromatic ring is 1. The number of methoxy groups -OCH3 is 2. The van der Waals surface area contributed by atoms with Crippen LogP contribution in [0.3, 0.4) is 0 Å². The second-order valence-electron chi connectivity index (χ2n) is 6.11. The lowest BCUT2D eigenvalue weighted by Crippen LogP contribution is -2.27. The van der Waals surface area contributed by atoms with E-state index in [-0.39, 0.29) is 11.7 Å². The molecule has 29 heavy (non-hydrogen) atoms. The Morgan fingerprint density at radius 3 is 2.59 bits per heavy atom. The number of rotatable bonds is 9. The first-order valence-corrected chi connectivity index (χ1v) is 9.97. The van der Waals surface area contributed by atoms with Gasteiger partial charge < -0.3 is 20.6 Å². The number of ether oxygens (including phenoxy) is 2. The maximum atomic E-state index is 12.1. The zero-order chi connectivity index (χ0) is 20.6. The van der Waals surface area contributed by atoms with E-state index >= 15 is 0 Å². The highest BCUT2D eigenvalue weighted by molar-refractivity contribution is 7.99. The van der Waals surface area contributed by atoms with Gasteiger partial charge in [-0.15, -0.1) is 10.2 Å². The molecule has 3 rings (SSSR count). The number of aromatic nitrogens is 3. The number of benzene rings is 2. The number of para-hydroxylation sites is 1. The van der Waals surface area contributed by atoms with Gasteiger partial charge in [0.1, 0.15) is 11.5 Å². The third-order valence-electron chi connectivity index (χ3n) is 4.25. The topological polar surface area (TPSA) is 104 Å². The van der Waals surface area contributed by atoms with E-state index in [4.69, 9.17) is 15.3 Å². The molecule has 0 saturated carbocycles. The highest BCUT2D eigenvalue weighted by Crippen LogP contribution is 2.23. The van der Waals surface area contributed by atoms with Gasteiger partial charge in [-0.05, 0) is 42.3 Å². The maximum absolute atomic E-state index is 12.1. The van der Waals surface area contributed by atoms with Crippen LogP contribution in [0.1, 0.15) is 5.56 Å². The fourth-order valence-corrected chi connectivity index (χ4v) is 3.43. The number of nitrogens with one attached hydrogen (secondary N) is 1. The van der Waals surface area contributed by atoms with Gasteiger partial charge in [-0.25, -0.2) is 4.68 Å². The molecule has 0 unspecified atom stereocenters. The Morgan fingerprint density at radius 1 is 1.10 bits per heavy atom. The van der Waals surface area contributed by atoms with Gasteiger partial charge >= 0.3 is 0 Å². The summed E-state index contributed by atoms with van der Waals surface area (Å²) in [6.45, 7) is 0.520. The highest BCUT2D eigenvalue weighted by atomic mass is 32.2.